The molecule has 2 saturated heterocycles. The molecule has 10 rings (SSSR count). The molecule has 7 aromatic rings. The summed E-state index contributed by atoms with van der Waals surface area (Å²) in [5.74, 6) is 1.82. The van der Waals surface area contributed by atoms with Gasteiger partial charge in [0.05, 0.1) is 26.7 Å². The van der Waals surface area contributed by atoms with Gasteiger partial charge in [0.15, 0.2) is 33.2 Å². The maximum absolute atomic E-state index is 12.5. The highest BCUT2D eigenvalue weighted by atomic mass is 32.2. The molecule has 0 bridgehead atoms. The van der Waals surface area contributed by atoms with E-state index in [2.05, 4.69) is 45.8 Å². The van der Waals surface area contributed by atoms with Crippen LogP contribution in [0.3, 0.4) is 0 Å². The molecule has 4 atom stereocenters. The molecule has 356 valence electrons. The lowest BCUT2D eigenvalue weighted by atomic mass is 10.1. The van der Waals surface area contributed by atoms with Crippen LogP contribution in [0.1, 0.15) is 25.7 Å². The molecule has 0 saturated carbocycles. The van der Waals surface area contributed by atoms with E-state index in [1.54, 1.807) is 42.5 Å². The molecule has 21 nitrogen and oxygen atoms in total. The summed E-state index contributed by atoms with van der Waals surface area (Å²) in [6.45, 7) is 3.10. The zero-order chi connectivity index (χ0) is 47.6. The fourth-order valence-corrected chi connectivity index (χ4v) is 10.6. The van der Waals surface area contributed by atoms with Gasteiger partial charge in [-0.15, -0.1) is 4.33 Å². The highest BCUT2D eigenvalue weighted by Crippen LogP contribution is 2.35. The molecule has 3 aliphatic heterocycles. The second-order valence-electron chi connectivity index (χ2n) is 16.0. The molecule has 25 heteroatoms. The Morgan fingerprint density at radius 3 is 1.90 bits per heavy atom. The summed E-state index contributed by atoms with van der Waals surface area (Å²) in [5.41, 5.74) is 2.30. The Labute approximate surface area is 405 Å². The minimum absolute atomic E-state index is 0.107. The van der Waals surface area contributed by atoms with Crippen molar-refractivity contribution in [3.05, 3.63) is 97.1 Å². The van der Waals surface area contributed by atoms with Gasteiger partial charge in [0.25, 0.3) is 0 Å². The number of likely N-dealkylation sites (tertiary alicyclic amines) is 1. The molecule has 2 fully saturated rings. The monoisotopic (exact) mass is 1010 g/mol. The van der Waals surface area contributed by atoms with Crippen LogP contribution in [0, 0.1) is 0 Å². The lowest BCUT2D eigenvalue weighted by molar-refractivity contribution is -0.432. The van der Waals surface area contributed by atoms with Gasteiger partial charge in [-0.25, -0.2) is 27.9 Å². The van der Waals surface area contributed by atoms with Crippen molar-refractivity contribution in [1.82, 2.24) is 25.2 Å². The summed E-state index contributed by atoms with van der Waals surface area (Å²) in [6.07, 6.45) is 3.15. The summed E-state index contributed by atoms with van der Waals surface area (Å²) in [7, 11) is 0. The minimum atomic E-state index is -2.38. The fraction of sp³-hybridized carbons (Fsp3) is 0.205. The van der Waals surface area contributed by atoms with Crippen LogP contribution in [0.15, 0.2) is 127 Å². The van der Waals surface area contributed by atoms with E-state index < -0.39 is 39.5 Å². The van der Waals surface area contributed by atoms with E-state index in [1.165, 1.54) is 18.2 Å². The summed E-state index contributed by atoms with van der Waals surface area (Å²) in [6, 6.07) is 27.8. The van der Waals surface area contributed by atoms with Gasteiger partial charge in [-0.1, -0.05) is 41.4 Å². The Hall–Kier alpha value is -6.39. The first-order valence-corrected chi connectivity index (χ1v) is 25.5. The third-order valence-electron chi connectivity index (χ3n) is 11.6. The number of hydrogen-bond acceptors (Lipinski definition) is 19. The molecule has 3 aliphatic rings. The molecule has 9 N–H and O–H groups in total. The van der Waals surface area contributed by atoms with Gasteiger partial charge in [0, 0.05) is 75.4 Å². The second kappa shape index (κ2) is 20.3. The van der Waals surface area contributed by atoms with Gasteiger partial charge in [-0.05, 0) is 97.1 Å². The van der Waals surface area contributed by atoms with Gasteiger partial charge in [-0.3, -0.25) is 5.32 Å². The maximum atomic E-state index is 12.5. The Bertz CT molecular complexity index is 3270. The largest absolute Gasteiger partial charge is 0.345 e. The highest BCUT2D eigenvalue weighted by Gasteiger charge is 2.25. The van der Waals surface area contributed by atoms with E-state index in [9.17, 15) is 26.3 Å². The SMILES string of the molecule is O=S(O)c1ccc2c(S(=O)O)cc(Nc3nc(Nc4cccc5c(NC6N=C(Nc7cc(S(=O)O)c8ccc(SOOO)cc8c7)NC(N7CCCC7)=N6)cccc45)nc(N4CCCC4)n3)cc2c1. The van der Waals surface area contributed by atoms with E-state index in [4.69, 9.17) is 30.2 Å². The van der Waals surface area contributed by atoms with Crippen molar-refractivity contribution in [2.45, 2.75) is 51.6 Å². The van der Waals surface area contributed by atoms with Crippen molar-refractivity contribution in [3.8, 4) is 0 Å². The Morgan fingerprint density at radius 1 is 0.623 bits per heavy atom. The average molecular weight is 1010 g/mol. The number of fused-ring (bicyclic) bond motifs is 3. The lowest BCUT2D eigenvalue weighted by Crippen LogP contribution is -2.49. The predicted octanol–water partition coefficient (Wildman–Crippen LogP) is 7.81. The topological polar surface area (TPSA) is 281 Å². The quantitative estimate of drug-likeness (QED) is 0.0217. The van der Waals surface area contributed by atoms with E-state index in [1.807, 2.05) is 36.4 Å². The molecular weight excluding hydrogens is 969 g/mol. The van der Waals surface area contributed by atoms with Crippen molar-refractivity contribution in [3.63, 3.8) is 0 Å². The molecule has 1 aromatic heterocycles. The van der Waals surface area contributed by atoms with Crippen molar-refractivity contribution in [2.24, 2.45) is 9.98 Å². The van der Waals surface area contributed by atoms with Crippen LogP contribution >= 0.6 is 12.0 Å². The van der Waals surface area contributed by atoms with Gasteiger partial charge >= 0.3 is 0 Å². The smallest absolute Gasteiger partial charge is 0.233 e. The van der Waals surface area contributed by atoms with Crippen LogP contribution in [-0.2, 0) is 42.6 Å². The Kier molecular flexibility index (Phi) is 13.6. The van der Waals surface area contributed by atoms with Gasteiger partial charge in [-0.2, -0.15) is 15.0 Å². The van der Waals surface area contributed by atoms with Crippen LogP contribution in [0.2, 0.25) is 0 Å². The summed E-state index contributed by atoms with van der Waals surface area (Å²) >= 11 is -6.18. The normalized spacial score (nSPS) is 17.4. The maximum Gasteiger partial charge on any atom is 0.233 e. The molecule has 4 unspecified atom stereocenters. The molecule has 0 spiro atoms. The molecule has 4 heterocycles. The number of rotatable bonds is 14. The summed E-state index contributed by atoms with van der Waals surface area (Å²) in [5, 5.41) is 32.9. The number of aliphatic imine (C=N–C) groups is 2. The number of aromatic nitrogens is 3. The summed E-state index contributed by atoms with van der Waals surface area (Å²) < 4.78 is 71.7. The molecule has 0 radical (unpaired) electrons. The van der Waals surface area contributed by atoms with Crippen molar-refractivity contribution < 1.29 is 40.9 Å². The second-order valence-corrected chi connectivity index (χ2v) is 19.6. The van der Waals surface area contributed by atoms with Crippen LogP contribution in [-0.4, -0.2) is 95.8 Å². The van der Waals surface area contributed by atoms with E-state index in [0.717, 1.165) is 80.4 Å². The van der Waals surface area contributed by atoms with E-state index in [0.29, 0.717) is 61.4 Å². The standard InChI is InChI=1S/C44H42N12O9S4/c57-64-65-66-29-11-13-31-25(21-29)19-27(23-37(31)68(60)61)45-39-49-41(53-43(51-39)55-15-1-2-16-55)47-35-9-5-8-34-33(35)7-6-10-36(34)48-42-50-40(52-44(54-42)56-17-3-4-18-56)46-28-20-26-22-30(67(58)59)12-14-32(26)38(24-28)69(62)63/h5-14,19-24,41,47,57H,1-4,15-18H2,(H,58,59)(H,60,61)(H,62,63)(H2,45,49,51,53)(H2,46,48,50,52,54). The number of anilines is 7. The molecule has 0 amide bonds. The first kappa shape index (κ1) is 46.3. The molecule has 6 aromatic carbocycles. The van der Waals surface area contributed by atoms with Crippen molar-refractivity contribution in [2.75, 3.05) is 52.3 Å². The van der Waals surface area contributed by atoms with Crippen LogP contribution < -0.4 is 31.5 Å². The average Bonchev–Trinajstić information content (AvgIpc) is 4.10. The third kappa shape index (κ3) is 10.3. The van der Waals surface area contributed by atoms with Crippen LogP contribution in [0.4, 0.5) is 40.6 Å². The zero-order valence-electron chi connectivity index (χ0n) is 36.1. The first-order valence-electron chi connectivity index (χ1n) is 21.5. The van der Waals surface area contributed by atoms with Gasteiger partial charge in [0.2, 0.25) is 36.1 Å². The third-order valence-corrected chi connectivity index (χ3v) is 14.3. The van der Waals surface area contributed by atoms with Crippen molar-refractivity contribution in [1.29, 1.82) is 0 Å². The highest BCUT2D eigenvalue weighted by molar-refractivity contribution is 7.94. The molecule has 69 heavy (non-hydrogen) atoms. The lowest BCUT2D eigenvalue weighted by Gasteiger charge is -2.28. The summed E-state index contributed by atoms with van der Waals surface area (Å²) in [4.78, 5) is 29.4. The van der Waals surface area contributed by atoms with Gasteiger partial charge < -0.3 is 44.7 Å². The first-order chi connectivity index (χ1) is 33.5. The van der Waals surface area contributed by atoms with E-state index >= 15 is 0 Å². The van der Waals surface area contributed by atoms with Crippen LogP contribution in [0.5, 0.6) is 0 Å². The molecular formula is C44H42N12O9S4. The Balaban J connectivity index is 0.957. The minimum Gasteiger partial charge on any atom is -0.345 e. The zero-order valence-corrected chi connectivity index (χ0v) is 39.3. The number of nitrogens with one attached hydrogen (secondary N) is 5. The fourth-order valence-electron chi connectivity index (χ4n) is 8.53. The number of nitrogens with zero attached hydrogens (tertiary/aromatic N) is 7. The predicted molar refractivity (Wildman–Crippen MR) is 267 cm³/mol. The Morgan fingerprint density at radius 2 is 1.23 bits per heavy atom. The van der Waals surface area contributed by atoms with Crippen LogP contribution in [0.25, 0.3) is 32.3 Å². The number of hydrogen-bond donors (Lipinski definition) is 9. The number of guanidine groups is 2. The van der Waals surface area contributed by atoms with Gasteiger partial charge in [0.1, 0.15) is 0 Å². The number of benzene rings is 6. The van der Waals surface area contributed by atoms with E-state index in [-0.39, 0.29) is 26.6 Å². The molecule has 0 aliphatic carbocycles. The van der Waals surface area contributed by atoms with Crippen molar-refractivity contribution >= 4 is 130 Å².